The maximum Gasteiger partial charge on any atom is 1.00 e. The van der Waals surface area contributed by atoms with Crippen molar-refractivity contribution >= 4 is 53.1 Å². The van der Waals surface area contributed by atoms with Gasteiger partial charge in [-0.3, -0.25) is 13.7 Å². The van der Waals surface area contributed by atoms with E-state index in [9.17, 15) is 52.6 Å². The molecule has 0 aliphatic rings. The molecule has 0 aromatic heterocycles. The molecule has 18 nitrogen and oxygen atoms in total. The van der Waals surface area contributed by atoms with E-state index < -0.39 is 68.1 Å². The molecule has 6 aromatic rings. The number of hydrogen-bond donors (Lipinski definition) is 6. The second-order valence-corrected chi connectivity index (χ2v) is 33.7. The van der Waals surface area contributed by atoms with E-state index >= 15 is 0 Å². The van der Waals surface area contributed by atoms with Crippen LogP contribution < -0.4 is 154 Å². The summed E-state index contributed by atoms with van der Waals surface area (Å²) in [6, 6.07) is 55.9. The zero-order chi connectivity index (χ0) is 64.5. The molecule has 6 rings (SSSR count). The van der Waals surface area contributed by atoms with Gasteiger partial charge in [-0.25, -0.2) is 25.3 Å². The molecule has 6 aromatic carbocycles. The van der Waals surface area contributed by atoms with Crippen LogP contribution in [0.15, 0.2) is 164 Å². The predicted molar refractivity (Wildman–Crippen MR) is 340 cm³/mol. The Labute approximate surface area is 661 Å². The van der Waals surface area contributed by atoms with Gasteiger partial charge in [-0.2, -0.15) is 0 Å². The van der Waals surface area contributed by atoms with Crippen molar-refractivity contribution in [1.82, 2.24) is 0 Å². The van der Waals surface area contributed by atoms with Crippen LogP contribution in [0.5, 0.6) is 0 Å². The van der Waals surface area contributed by atoms with Crippen LogP contribution in [-0.4, -0.2) is 83.2 Å². The van der Waals surface area contributed by atoms with Crippen LogP contribution in [0.4, 0.5) is 0 Å². The second-order valence-electron chi connectivity index (χ2n) is 22.6. The third-order valence-electron chi connectivity index (χ3n) is 15.3. The standard InChI is InChI=1S/3C21H29O6PS.3K/c3*1-17(7-5-6-10-21(28(22,23)24)29(25,26)27)11-12-18-13-15-20(16-14-18)19-8-3-2-4-9-19;;;/h3*2-4,8-9,13-17,21H,5-7,10-12H2,1H3,(H2,22,23,24)(H,25,26,27);;;/q;;;3*+1/p-3. The van der Waals surface area contributed by atoms with Crippen molar-refractivity contribution in [2.24, 2.45) is 17.8 Å². The summed E-state index contributed by atoms with van der Waals surface area (Å²) in [7, 11) is -29.8. The SMILES string of the molecule is CC(CCCCC(P(=O)(O)O)S(=O)(=O)[O-])CCc1ccc(-c2ccccc2)cc1.CC(CCCCC(P(=O)(O)O)S(=O)(=O)[O-])CCc1ccc(-c2ccccc2)cc1.CC(CCCCC(P(=O)(O)O)S(=O)(=O)[O-])CCc1ccc(-c2ccccc2)cc1.[K+].[K+].[K+]. The molecule has 0 spiro atoms. The van der Waals surface area contributed by atoms with Gasteiger partial charge < -0.3 is 43.0 Å². The number of benzene rings is 6. The van der Waals surface area contributed by atoms with Crippen molar-refractivity contribution in [2.45, 2.75) is 151 Å². The van der Waals surface area contributed by atoms with E-state index in [4.69, 9.17) is 29.4 Å². The molecule has 0 radical (unpaired) electrons. The molecule has 6 atom stereocenters. The molecule has 6 N–H and O–H groups in total. The Bertz CT molecular complexity index is 3110. The fraction of sp³-hybridized carbons (Fsp3) is 0.429. The average molecular weight is 1440 g/mol. The van der Waals surface area contributed by atoms with Crippen molar-refractivity contribution in [3.8, 4) is 33.4 Å². The maximum atomic E-state index is 11.2. The summed E-state index contributed by atoms with van der Waals surface area (Å²) < 4.78 is 133. The smallest absolute Gasteiger partial charge is 0.747 e. The quantitative estimate of drug-likeness (QED) is 0.0142. The van der Waals surface area contributed by atoms with Gasteiger partial charge in [-0.05, 0) is 126 Å². The molecule has 0 saturated carbocycles. The largest absolute Gasteiger partial charge is 1.00 e. The van der Waals surface area contributed by atoms with Crippen molar-refractivity contribution in [3.63, 3.8) is 0 Å². The number of rotatable bonds is 33. The summed E-state index contributed by atoms with van der Waals surface area (Å²) in [5.41, 5.74) is 10.8. The molecule has 90 heavy (non-hydrogen) atoms. The third-order valence-corrected chi connectivity index (χ3v) is 25.8. The van der Waals surface area contributed by atoms with E-state index in [1.165, 1.54) is 50.1 Å². The summed E-state index contributed by atoms with van der Waals surface area (Å²) in [5, 5.41) is 0. The summed E-state index contributed by atoms with van der Waals surface area (Å²) in [5.74, 6) is 1.17. The van der Waals surface area contributed by atoms with Gasteiger partial charge in [0.1, 0.15) is 30.4 Å². The van der Waals surface area contributed by atoms with Crippen LogP contribution in [0.1, 0.15) is 134 Å². The molecule has 480 valence electrons. The Balaban J connectivity index is 0.000000664. The Kier molecular flexibility index (Phi) is 43.0. The maximum absolute atomic E-state index is 11.2. The zero-order valence-corrected chi connectivity index (χ0v) is 66.9. The minimum Gasteiger partial charge on any atom is -0.747 e. The molecular formula is C63H84K3O18P3S3. The summed E-state index contributed by atoms with van der Waals surface area (Å²) in [6.45, 7) is 6.30. The van der Waals surface area contributed by atoms with Crippen LogP contribution in [0.25, 0.3) is 33.4 Å². The van der Waals surface area contributed by atoms with Crippen LogP contribution in [0, 0.1) is 17.8 Å². The summed E-state index contributed by atoms with van der Waals surface area (Å²) in [6.07, 6.45) is 9.98. The van der Waals surface area contributed by atoms with E-state index in [0.717, 1.165) is 57.8 Å². The van der Waals surface area contributed by atoms with Gasteiger partial charge >= 0.3 is 177 Å². The molecule has 0 aliphatic heterocycles. The molecule has 6 unspecified atom stereocenters. The first kappa shape index (κ1) is 88.4. The van der Waals surface area contributed by atoms with E-state index in [2.05, 4.69) is 130 Å². The van der Waals surface area contributed by atoms with Gasteiger partial charge in [-0.1, -0.05) is 242 Å². The molecule has 0 amide bonds. The van der Waals surface area contributed by atoms with E-state index in [1.54, 1.807) is 0 Å². The Hall–Kier alpha value is 0.409. The first-order valence-corrected chi connectivity index (χ1v) is 38.6. The molecule has 0 bridgehead atoms. The molecular weight excluding hydrogens is 1350 g/mol. The van der Waals surface area contributed by atoms with Gasteiger partial charge in [0.15, 0.2) is 15.0 Å². The molecule has 27 heteroatoms. The van der Waals surface area contributed by atoms with Crippen LogP contribution in [0.3, 0.4) is 0 Å². The minimum atomic E-state index is -5.01. The van der Waals surface area contributed by atoms with Gasteiger partial charge in [0.05, 0.1) is 0 Å². The monoisotopic (exact) mass is 1430 g/mol. The van der Waals surface area contributed by atoms with Crippen LogP contribution in [0.2, 0.25) is 0 Å². The van der Waals surface area contributed by atoms with Crippen molar-refractivity contribution in [2.75, 3.05) is 0 Å². The summed E-state index contributed by atoms with van der Waals surface area (Å²) in [4.78, 5) is 47.9. The van der Waals surface area contributed by atoms with Crippen molar-refractivity contribution < 1.29 is 236 Å². The zero-order valence-electron chi connectivity index (χ0n) is 52.4. The molecule has 0 heterocycles. The number of unbranched alkanes of at least 4 members (excludes halogenated alkanes) is 3. The average Bonchev–Trinajstić information content (AvgIpc) is 3.32. The van der Waals surface area contributed by atoms with Crippen molar-refractivity contribution in [1.29, 1.82) is 0 Å². The normalized spacial score (nSPS) is 14.0. The minimum absolute atomic E-state index is 0. The molecule has 0 saturated heterocycles. The number of aryl methyl sites for hydroxylation is 3. The van der Waals surface area contributed by atoms with E-state index in [1.807, 2.05) is 54.6 Å². The molecule has 0 aliphatic carbocycles. The second kappa shape index (κ2) is 43.7. The third kappa shape index (κ3) is 35.3. The topological polar surface area (TPSA) is 344 Å². The first-order valence-electron chi connectivity index (χ1n) is 29.1. The predicted octanol–water partition coefficient (Wildman–Crippen LogP) is 4.61. The van der Waals surface area contributed by atoms with Gasteiger partial charge in [-0.15, -0.1) is 0 Å². The van der Waals surface area contributed by atoms with Gasteiger partial charge in [0, 0.05) is 0 Å². The van der Waals surface area contributed by atoms with E-state index in [0.29, 0.717) is 56.3 Å². The van der Waals surface area contributed by atoms with Crippen LogP contribution in [-0.2, 0) is 63.3 Å². The van der Waals surface area contributed by atoms with E-state index in [-0.39, 0.29) is 173 Å². The molecule has 0 fully saturated rings. The Morgan fingerprint density at radius 3 is 0.656 bits per heavy atom. The Morgan fingerprint density at radius 1 is 0.300 bits per heavy atom. The Morgan fingerprint density at radius 2 is 0.478 bits per heavy atom. The van der Waals surface area contributed by atoms with Gasteiger partial charge in [0.2, 0.25) is 0 Å². The summed E-state index contributed by atoms with van der Waals surface area (Å²) >= 11 is 0. The van der Waals surface area contributed by atoms with Crippen molar-refractivity contribution in [3.05, 3.63) is 180 Å². The fourth-order valence-electron chi connectivity index (χ4n) is 10.0. The fourth-order valence-corrected chi connectivity index (χ4v) is 17.0. The first-order chi connectivity index (χ1) is 40.7. The van der Waals surface area contributed by atoms with Crippen LogP contribution >= 0.6 is 22.8 Å². The number of hydrogen-bond acceptors (Lipinski definition) is 12. The van der Waals surface area contributed by atoms with Gasteiger partial charge in [0.25, 0.3) is 0 Å².